The van der Waals surface area contributed by atoms with Gasteiger partial charge < -0.3 is 30.2 Å². The van der Waals surface area contributed by atoms with E-state index in [9.17, 15) is 0 Å². The normalized spacial score (nSPS) is 15.2. The number of hydrogen-bond acceptors (Lipinski definition) is 9. The van der Waals surface area contributed by atoms with Crippen molar-refractivity contribution in [3.05, 3.63) is 40.2 Å². The molecular weight excluding hydrogens is 458 g/mol. The average molecular weight is 490 g/mol. The van der Waals surface area contributed by atoms with Gasteiger partial charge in [-0.2, -0.15) is 0 Å². The number of aryl methyl sites for hydroxylation is 2. The Balaban J connectivity index is 0.000000469. The van der Waals surface area contributed by atoms with Crippen LogP contribution in [0.15, 0.2) is 22.7 Å². The molecule has 3 heterocycles. The predicted molar refractivity (Wildman–Crippen MR) is 132 cm³/mol. The van der Waals surface area contributed by atoms with Crippen LogP contribution >= 0.6 is 11.6 Å². The summed E-state index contributed by atoms with van der Waals surface area (Å²) in [5.41, 5.74) is 9.88. The molecule has 1 aliphatic rings. The van der Waals surface area contributed by atoms with Crippen molar-refractivity contribution in [2.24, 2.45) is 0 Å². The van der Waals surface area contributed by atoms with Gasteiger partial charge in [-0.3, -0.25) is 0 Å². The highest BCUT2D eigenvalue weighted by Crippen LogP contribution is 2.35. The second-order valence-electron chi connectivity index (χ2n) is 8.07. The largest absolute Gasteiger partial charge is 0.494 e. The minimum absolute atomic E-state index is 0.176. The zero-order valence-corrected chi connectivity index (χ0v) is 20.8. The summed E-state index contributed by atoms with van der Waals surface area (Å²) in [5, 5.41) is 16.2. The van der Waals surface area contributed by atoms with Crippen LogP contribution in [0.1, 0.15) is 29.9 Å². The summed E-state index contributed by atoms with van der Waals surface area (Å²) in [4.78, 5) is 9.19. The summed E-state index contributed by atoms with van der Waals surface area (Å²) in [5.74, 6) is 2.20. The van der Waals surface area contributed by atoms with E-state index in [1.807, 2.05) is 40.0 Å². The van der Waals surface area contributed by atoms with Crippen LogP contribution in [-0.4, -0.2) is 59.7 Å². The molecule has 1 atom stereocenters. The number of rotatable bonds is 7. The molecule has 3 aromatic rings. The molecule has 1 saturated heterocycles. The Hall–Kier alpha value is -2.72. The maximum Gasteiger partial charge on any atom is 0.163 e. The summed E-state index contributed by atoms with van der Waals surface area (Å²) < 4.78 is 15.9. The van der Waals surface area contributed by atoms with Gasteiger partial charge in [0.05, 0.1) is 41.3 Å². The number of nitrogens with two attached hydrogens (primary N) is 1. The smallest absolute Gasteiger partial charge is 0.163 e. The maximum atomic E-state index is 8.60. The van der Waals surface area contributed by atoms with E-state index in [0.717, 1.165) is 42.8 Å². The second kappa shape index (κ2) is 12.1. The van der Waals surface area contributed by atoms with E-state index in [1.54, 1.807) is 6.07 Å². The van der Waals surface area contributed by atoms with Gasteiger partial charge in [0.1, 0.15) is 17.3 Å². The van der Waals surface area contributed by atoms with Gasteiger partial charge in [-0.15, -0.1) is 0 Å². The van der Waals surface area contributed by atoms with E-state index in [-0.39, 0.29) is 6.10 Å². The highest BCUT2D eigenvalue weighted by Gasteiger charge is 2.20. The van der Waals surface area contributed by atoms with Crippen LogP contribution in [0.4, 0.5) is 5.82 Å². The van der Waals surface area contributed by atoms with Crippen molar-refractivity contribution in [1.82, 2.24) is 20.4 Å². The first kappa shape index (κ1) is 25.9. The van der Waals surface area contributed by atoms with Crippen molar-refractivity contribution >= 4 is 17.4 Å². The number of aliphatic hydroxyl groups is 1. The van der Waals surface area contributed by atoms with Gasteiger partial charge in [-0.25, -0.2) is 9.97 Å². The summed E-state index contributed by atoms with van der Waals surface area (Å²) >= 11 is 6.43. The van der Waals surface area contributed by atoms with Crippen LogP contribution < -0.4 is 15.8 Å². The Morgan fingerprint density at radius 2 is 2.06 bits per heavy atom. The number of benzene rings is 1. The van der Waals surface area contributed by atoms with E-state index in [0.29, 0.717) is 52.6 Å². The molecule has 1 aromatic carbocycles. The topological polar surface area (TPSA) is 129 Å². The van der Waals surface area contributed by atoms with Crippen molar-refractivity contribution in [2.45, 2.75) is 39.7 Å². The van der Waals surface area contributed by atoms with E-state index in [4.69, 9.17) is 41.4 Å². The van der Waals surface area contributed by atoms with Crippen LogP contribution in [0.25, 0.3) is 22.6 Å². The second-order valence-corrected chi connectivity index (χ2v) is 8.48. The van der Waals surface area contributed by atoms with E-state index in [2.05, 4.69) is 15.5 Å². The first-order valence-corrected chi connectivity index (χ1v) is 11.6. The third-order valence-corrected chi connectivity index (χ3v) is 5.71. The fraction of sp³-hybridized carbons (Fsp3) is 0.458. The van der Waals surface area contributed by atoms with Crippen LogP contribution in [0.2, 0.25) is 5.02 Å². The molecule has 4 N–H and O–H groups in total. The van der Waals surface area contributed by atoms with E-state index >= 15 is 0 Å². The lowest BCUT2D eigenvalue weighted by molar-refractivity contribution is 0.127. The Morgan fingerprint density at radius 3 is 2.65 bits per heavy atom. The molecule has 0 spiro atoms. The lowest BCUT2D eigenvalue weighted by Crippen LogP contribution is -2.11. The van der Waals surface area contributed by atoms with Crippen molar-refractivity contribution < 1.29 is 19.1 Å². The number of aromatic nitrogens is 3. The van der Waals surface area contributed by atoms with E-state index in [1.165, 1.54) is 0 Å². The molecule has 0 bridgehead atoms. The van der Waals surface area contributed by atoms with Gasteiger partial charge in [0.2, 0.25) is 0 Å². The highest BCUT2D eigenvalue weighted by atomic mass is 35.5. The number of hydrogen-bond donors (Lipinski definition) is 3. The van der Waals surface area contributed by atoms with Crippen molar-refractivity contribution in [1.29, 1.82) is 0 Å². The lowest BCUT2D eigenvalue weighted by atomic mass is 10.1. The Labute approximate surface area is 204 Å². The molecule has 0 radical (unpaired) electrons. The van der Waals surface area contributed by atoms with Gasteiger partial charge in [0, 0.05) is 17.7 Å². The quantitative estimate of drug-likeness (QED) is 0.425. The van der Waals surface area contributed by atoms with Crippen LogP contribution in [0, 0.1) is 20.8 Å². The zero-order valence-electron chi connectivity index (χ0n) is 20.0. The molecule has 0 saturated carbocycles. The van der Waals surface area contributed by atoms with Crippen LogP contribution in [-0.2, 0) is 4.74 Å². The molecule has 4 rings (SSSR count). The Kier molecular flexibility index (Phi) is 9.23. The van der Waals surface area contributed by atoms with Crippen LogP contribution in [0.5, 0.6) is 5.75 Å². The number of nitrogen functional groups attached to an aromatic ring is 1. The number of halogens is 1. The monoisotopic (exact) mass is 489 g/mol. The summed E-state index contributed by atoms with van der Waals surface area (Å²) in [7, 11) is 1.91. The molecule has 0 amide bonds. The molecule has 34 heavy (non-hydrogen) atoms. The standard InChI is InChI=1S/C20H24ClN5O2.C4H8O2/c1-11-18(17-12(2)26-28-13(17)3)24-20(25-19(11)22)15-10-14(6-7-16(15)21)27-9-5-8-23-4;5-4-1-2-6-3-4/h6-7,10,23H,5,8-9H2,1-4H3,(H2,22,24,25);4-5H,1-3H2. The molecule has 10 heteroatoms. The van der Waals surface area contributed by atoms with Crippen molar-refractivity contribution in [2.75, 3.05) is 39.1 Å². The minimum Gasteiger partial charge on any atom is -0.494 e. The van der Waals surface area contributed by atoms with Gasteiger partial charge in [0.25, 0.3) is 0 Å². The zero-order chi connectivity index (χ0) is 24.7. The SMILES string of the molecule is CNCCCOc1ccc(Cl)c(-c2nc(N)c(C)c(-c3c(C)noc3C)n2)c1.OC1CCOC1. The number of aliphatic hydroxyl groups excluding tert-OH is 1. The number of nitrogens with one attached hydrogen (secondary N) is 1. The summed E-state index contributed by atoms with van der Waals surface area (Å²) in [6, 6.07) is 5.44. The fourth-order valence-corrected chi connectivity index (χ4v) is 3.65. The molecule has 184 valence electrons. The Morgan fingerprint density at radius 1 is 1.26 bits per heavy atom. The van der Waals surface area contributed by atoms with Gasteiger partial charge in [0.15, 0.2) is 5.82 Å². The van der Waals surface area contributed by atoms with Gasteiger partial charge in [-0.05, 0) is 65.4 Å². The summed E-state index contributed by atoms with van der Waals surface area (Å²) in [6.07, 6.45) is 1.54. The number of anilines is 1. The molecule has 2 aromatic heterocycles. The molecule has 0 aliphatic carbocycles. The highest BCUT2D eigenvalue weighted by molar-refractivity contribution is 6.33. The lowest BCUT2D eigenvalue weighted by Gasteiger charge is -2.12. The Bertz CT molecular complexity index is 1080. The predicted octanol–water partition coefficient (Wildman–Crippen LogP) is 3.72. The minimum atomic E-state index is -0.176. The third-order valence-electron chi connectivity index (χ3n) is 5.38. The summed E-state index contributed by atoms with van der Waals surface area (Å²) in [6.45, 7) is 8.36. The molecule has 9 nitrogen and oxygen atoms in total. The number of ether oxygens (including phenoxy) is 2. The van der Waals surface area contributed by atoms with Gasteiger partial charge >= 0.3 is 0 Å². The van der Waals surface area contributed by atoms with Crippen molar-refractivity contribution in [3.8, 4) is 28.4 Å². The van der Waals surface area contributed by atoms with Crippen LogP contribution in [0.3, 0.4) is 0 Å². The van der Waals surface area contributed by atoms with E-state index < -0.39 is 0 Å². The third kappa shape index (κ3) is 6.44. The van der Waals surface area contributed by atoms with Gasteiger partial charge in [-0.1, -0.05) is 16.8 Å². The average Bonchev–Trinajstić information content (AvgIpc) is 3.43. The first-order valence-electron chi connectivity index (χ1n) is 11.2. The molecule has 1 aliphatic heterocycles. The van der Waals surface area contributed by atoms with Crippen molar-refractivity contribution in [3.63, 3.8) is 0 Å². The number of nitrogens with zero attached hydrogens (tertiary/aromatic N) is 3. The molecule has 1 fully saturated rings. The first-order chi connectivity index (χ1) is 16.3. The molecular formula is C24H32ClN5O4. The maximum absolute atomic E-state index is 8.60. The molecule has 1 unspecified atom stereocenters. The fourth-order valence-electron chi connectivity index (χ4n) is 3.45.